The molecule has 0 radical (unpaired) electrons. The first-order valence-corrected chi connectivity index (χ1v) is 0. The molecular formula is H6F6Zr. The van der Waals surface area contributed by atoms with Crippen LogP contribution >= 0.6 is 0 Å². The summed E-state index contributed by atoms with van der Waals surface area (Å²) in [6, 6.07) is 0. The van der Waals surface area contributed by atoms with Crippen molar-refractivity contribution in [2.24, 2.45) is 0 Å². The summed E-state index contributed by atoms with van der Waals surface area (Å²) in [7, 11) is 0. The normalized spacial score (nSPS) is 0. The summed E-state index contributed by atoms with van der Waals surface area (Å²) in [5, 5.41) is 0. The van der Waals surface area contributed by atoms with Crippen LogP contribution < -0.4 is 0 Å². The summed E-state index contributed by atoms with van der Waals surface area (Å²) in [4.78, 5) is 0. The smallest absolute Gasteiger partial charge is 0 e. The van der Waals surface area contributed by atoms with Crippen molar-refractivity contribution in [2.45, 2.75) is 0 Å². The van der Waals surface area contributed by atoms with Gasteiger partial charge in [0.05, 0.1) is 0 Å². The summed E-state index contributed by atoms with van der Waals surface area (Å²) < 4.78 is 0. The van der Waals surface area contributed by atoms with Gasteiger partial charge in [0.25, 0.3) is 0 Å². The van der Waals surface area contributed by atoms with Crippen LogP contribution in [0.4, 0.5) is 28.2 Å². The van der Waals surface area contributed by atoms with E-state index in [0.29, 0.717) is 0 Å². The molecule has 0 aliphatic carbocycles. The fourth-order valence-corrected chi connectivity index (χ4v) is 0. The second-order valence-electron chi connectivity index (χ2n) is 0. The van der Waals surface area contributed by atoms with E-state index in [-0.39, 0.29) is 54.4 Å². The Balaban J connectivity index is 0. The Morgan fingerprint density at radius 2 is 0.286 bits per heavy atom. The van der Waals surface area contributed by atoms with E-state index in [1.54, 1.807) is 0 Å². The van der Waals surface area contributed by atoms with Gasteiger partial charge in [0, 0.05) is 26.2 Å². The minimum absolute atomic E-state index is 0. The number of hydrogen-bond acceptors (Lipinski definition) is 0. The Labute approximate surface area is 55.0 Å². The molecule has 0 rings (SSSR count). The van der Waals surface area contributed by atoms with Crippen LogP contribution in [0.25, 0.3) is 0 Å². The maximum absolute atomic E-state index is 0. The van der Waals surface area contributed by atoms with Crippen LogP contribution in [0, 0.1) is 0 Å². The summed E-state index contributed by atoms with van der Waals surface area (Å²) >= 11 is 0. The minimum Gasteiger partial charge on any atom is -0.269 e. The molecule has 52 valence electrons. The monoisotopic (exact) mass is 210 g/mol. The summed E-state index contributed by atoms with van der Waals surface area (Å²) in [6.45, 7) is 0. The van der Waals surface area contributed by atoms with E-state index in [1.165, 1.54) is 0 Å². The number of halogens is 6. The predicted octanol–water partition coefficient (Wildman–Crippen LogP) is 0.912. The van der Waals surface area contributed by atoms with Gasteiger partial charge in [-0.05, 0) is 0 Å². The molecule has 0 aromatic rings. The SMILES string of the molecule is F.F.F.F.F.F.[Zr]. The van der Waals surface area contributed by atoms with Crippen LogP contribution in [0.1, 0.15) is 0 Å². The van der Waals surface area contributed by atoms with E-state index >= 15 is 0 Å². The van der Waals surface area contributed by atoms with Crippen LogP contribution in [0.2, 0.25) is 0 Å². The van der Waals surface area contributed by atoms with Crippen LogP contribution in [0.3, 0.4) is 0 Å². The average Bonchev–Trinajstić information content (AvgIpc) is 0. The van der Waals surface area contributed by atoms with Crippen molar-refractivity contribution in [2.75, 3.05) is 0 Å². The Morgan fingerprint density at radius 3 is 0.286 bits per heavy atom. The number of rotatable bonds is 0. The molecule has 0 saturated carbocycles. The van der Waals surface area contributed by atoms with E-state index in [2.05, 4.69) is 0 Å². The van der Waals surface area contributed by atoms with E-state index in [0.717, 1.165) is 0 Å². The zero-order chi connectivity index (χ0) is 0. The van der Waals surface area contributed by atoms with Crippen LogP contribution in [0.5, 0.6) is 0 Å². The minimum atomic E-state index is 0. The second-order valence-corrected chi connectivity index (χ2v) is 0. The van der Waals surface area contributed by atoms with Crippen molar-refractivity contribution >= 4 is 0 Å². The first-order valence-electron chi connectivity index (χ1n) is 0. The zero-order valence-electron chi connectivity index (χ0n) is 2.95. The van der Waals surface area contributed by atoms with Crippen LogP contribution in [-0.2, 0) is 26.2 Å². The van der Waals surface area contributed by atoms with E-state index in [1.807, 2.05) is 0 Å². The summed E-state index contributed by atoms with van der Waals surface area (Å²) in [5.41, 5.74) is 0. The molecule has 0 nitrogen and oxygen atoms in total. The molecule has 0 aromatic heterocycles. The van der Waals surface area contributed by atoms with Crippen molar-refractivity contribution in [1.29, 1.82) is 0 Å². The number of hydrogen-bond donors (Lipinski definition) is 0. The predicted molar refractivity (Wildman–Crippen MR) is 15.0 cm³/mol. The van der Waals surface area contributed by atoms with Crippen molar-refractivity contribution in [3.8, 4) is 0 Å². The quantitative estimate of drug-likeness (QED) is 0.523. The molecule has 0 unspecified atom stereocenters. The van der Waals surface area contributed by atoms with Gasteiger partial charge in [-0.25, -0.2) is 0 Å². The average molecular weight is 211 g/mol. The topological polar surface area (TPSA) is 0 Å². The van der Waals surface area contributed by atoms with Gasteiger partial charge < -0.3 is 0 Å². The van der Waals surface area contributed by atoms with Gasteiger partial charge >= 0.3 is 0 Å². The van der Waals surface area contributed by atoms with Gasteiger partial charge in [-0.2, -0.15) is 0 Å². The van der Waals surface area contributed by atoms with Gasteiger partial charge in [-0.3, -0.25) is 28.2 Å². The fourth-order valence-electron chi connectivity index (χ4n) is 0. The molecule has 7 heteroatoms. The maximum Gasteiger partial charge on any atom is 0 e. The molecule has 0 amide bonds. The first kappa shape index (κ1) is 1450. The zero-order valence-corrected chi connectivity index (χ0v) is 5.41. The Bertz CT molecular complexity index is 4.14. The summed E-state index contributed by atoms with van der Waals surface area (Å²) in [5.74, 6) is 0. The van der Waals surface area contributed by atoms with Gasteiger partial charge in [-0.1, -0.05) is 0 Å². The molecule has 0 aliphatic heterocycles. The van der Waals surface area contributed by atoms with E-state index in [4.69, 9.17) is 0 Å². The van der Waals surface area contributed by atoms with Gasteiger partial charge in [0.2, 0.25) is 0 Å². The molecule has 0 spiro atoms. The molecular weight excluding hydrogens is 205 g/mol. The van der Waals surface area contributed by atoms with E-state index in [9.17, 15) is 0 Å². The van der Waals surface area contributed by atoms with Crippen molar-refractivity contribution in [1.82, 2.24) is 0 Å². The Hall–Kier alpha value is 0.463. The standard InChI is InChI=1S/6FH.Zr/h6*1H;. The molecule has 0 atom stereocenters. The molecule has 7 heavy (non-hydrogen) atoms. The van der Waals surface area contributed by atoms with Crippen molar-refractivity contribution < 1.29 is 54.4 Å². The molecule has 0 aromatic carbocycles. The van der Waals surface area contributed by atoms with Crippen LogP contribution in [0.15, 0.2) is 0 Å². The molecule has 0 saturated heterocycles. The molecule has 0 heterocycles. The third kappa shape index (κ3) is 600. The largest absolute Gasteiger partial charge is 0.269 e. The third-order valence-corrected chi connectivity index (χ3v) is 0. The third-order valence-electron chi connectivity index (χ3n) is 0. The summed E-state index contributed by atoms with van der Waals surface area (Å²) in [6.07, 6.45) is 0. The van der Waals surface area contributed by atoms with Crippen molar-refractivity contribution in [3.05, 3.63) is 0 Å². The first-order chi connectivity index (χ1) is 0. The Kier molecular flexibility index (Phi) is 187000. The molecule has 0 aliphatic rings. The van der Waals surface area contributed by atoms with E-state index < -0.39 is 0 Å². The fraction of sp³-hybridized carbons (Fsp3) is 0. The van der Waals surface area contributed by atoms with Crippen molar-refractivity contribution in [3.63, 3.8) is 0 Å². The van der Waals surface area contributed by atoms with Gasteiger partial charge in [0.1, 0.15) is 0 Å². The molecule has 0 bridgehead atoms. The molecule has 0 fully saturated rings. The second kappa shape index (κ2) is 899. The Morgan fingerprint density at radius 1 is 0.286 bits per heavy atom. The van der Waals surface area contributed by atoms with Crippen LogP contribution in [-0.4, -0.2) is 0 Å². The van der Waals surface area contributed by atoms with Gasteiger partial charge in [0.15, 0.2) is 0 Å². The maximum atomic E-state index is 0. The van der Waals surface area contributed by atoms with Gasteiger partial charge in [-0.15, -0.1) is 0 Å². The molecule has 0 N–H and O–H groups in total.